The van der Waals surface area contributed by atoms with Gasteiger partial charge >= 0.3 is 0 Å². The van der Waals surface area contributed by atoms with Crippen molar-refractivity contribution >= 4 is 0 Å². The molecule has 0 radical (unpaired) electrons. The number of nitrogens with one attached hydrogen (secondary N) is 1. The van der Waals surface area contributed by atoms with Crippen LogP contribution < -0.4 is 11.3 Å². The van der Waals surface area contributed by atoms with Crippen LogP contribution in [0, 0.1) is 13.8 Å². The highest BCUT2D eigenvalue weighted by atomic mass is 15.2. The lowest BCUT2D eigenvalue weighted by atomic mass is 9.90. The van der Waals surface area contributed by atoms with Gasteiger partial charge in [0.2, 0.25) is 0 Å². The Bertz CT molecular complexity index is 453. The summed E-state index contributed by atoms with van der Waals surface area (Å²) in [6, 6.07) is 2.17. The van der Waals surface area contributed by atoms with Crippen LogP contribution >= 0.6 is 0 Å². The van der Waals surface area contributed by atoms with Gasteiger partial charge in [0.25, 0.3) is 0 Å². The van der Waals surface area contributed by atoms with Crippen molar-refractivity contribution in [1.29, 1.82) is 0 Å². The van der Waals surface area contributed by atoms with E-state index in [0.717, 1.165) is 29.8 Å². The molecule has 0 amide bonds. The van der Waals surface area contributed by atoms with Crippen molar-refractivity contribution in [2.75, 3.05) is 0 Å². The van der Waals surface area contributed by atoms with E-state index in [1.54, 1.807) is 0 Å². The molecule has 1 aliphatic rings. The molecule has 0 bridgehead atoms. The van der Waals surface area contributed by atoms with Crippen molar-refractivity contribution in [3.63, 3.8) is 0 Å². The molecule has 1 aliphatic carbocycles. The summed E-state index contributed by atoms with van der Waals surface area (Å²) in [5.74, 6) is 5.81. The minimum Gasteiger partial charge on any atom is -0.271 e. The van der Waals surface area contributed by atoms with Gasteiger partial charge in [-0.2, -0.15) is 10.2 Å². The highest BCUT2D eigenvalue weighted by molar-refractivity contribution is 5.31. The predicted molar refractivity (Wildman–Crippen MR) is 77.4 cm³/mol. The summed E-state index contributed by atoms with van der Waals surface area (Å²) in [5, 5.41) is 8.31. The molecule has 104 valence electrons. The zero-order chi connectivity index (χ0) is 13.7. The first-order chi connectivity index (χ1) is 9.22. The molecular weight excluding hydrogens is 236 g/mol. The Kier molecular flexibility index (Phi) is 5.05. The summed E-state index contributed by atoms with van der Waals surface area (Å²) >= 11 is 0. The largest absolute Gasteiger partial charge is 0.271 e. The normalized spacial score (nSPS) is 21.1. The van der Waals surface area contributed by atoms with Gasteiger partial charge in [0.15, 0.2) is 0 Å². The van der Waals surface area contributed by atoms with Gasteiger partial charge in [0.1, 0.15) is 0 Å². The summed E-state index contributed by atoms with van der Waals surface area (Å²) in [6.07, 6.45) is 9.84. The van der Waals surface area contributed by atoms with E-state index in [2.05, 4.69) is 27.8 Å². The smallest absolute Gasteiger partial charge is 0.0689 e. The Morgan fingerprint density at radius 3 is 2.74 bits per heavy atom. The first kappa shape index (κ1) is 14.2. The van der Waals surface area contributed by atoms with Gasteiger partial charge in [0, 0.05) is 0 Å². The third kappa shape index (κ3) is 3.61. The number of hydrogen-bond donors (Lipinski definition) is 2. The molecule has 3 N–H and O–H groups in total. The number of nitrogens with two attached hydrogens (primary N) is 1. The second-order valence-electron chi connectivity index (χ2n) is 5.36. The van der Waals surface area contributed by atoms with E-state index in [1.165, 1.54) is 31.3 Å². The van der Waals surface area contributed by atoms with Crippen LogP contribution in [-0.2, 0) is 0 Å². The molecule has 1 atom stereocenters. The molecule has 0 fully saturated rings. The summed E-state index contributed by atoms with van der Waals surface area (Å²) in [5.41, 5.74) is 7.42. The van der Waals surface area contributed by atoms with Gasteiger partial charge in [-0.05, 0) is 51.2 Å². The summed E-state index contributed by atoms with van der Waals surface area (Å²) in [4.78, 5) is 0. The minimum absolute atomic E-state index is 0.0762. The molecule has 0 aliphatic heterocycles. The monoisotopic (exact) mass is 260 g/mol. The molecule has 19 heavy (non-hydrogen) atoms. The van der Waals surface area contributed by atoms with Crippen molar-refractivity contribution in [2.24, 2.45) is 5.84 Å². The van der Waals surface area contributed by atoms with Crippen molar-refractivity contribution in [3.05, 3.63) is 34.7 Å². The SMILES string of the molecule is Cc1cc(C(NN)/C2=C/CCCCCC2)c(C)nn1. The fourth-order valence-corrected chi connectivity index (χ4v) is 2.74. The number of aromatic nitrogens is 2. The van der Waals surface area contributed by atoms with E-state index in [4.69, 9.17) is 5.84 Å². The van der Waals surface area contributed by atoms with E-state index >= 15 is 0 Å². The first-order valence-corrected chi connectivity index (χ1v) is 7.18. The van der Waals surface area contributed by atoms with Crippen LogP contribution in [0.4, 0.5) is 0 Å². The maximum atomic E-state index is 5.81. The molecular formula is C15H24N4. The number of rotatable bonds is 3. The number of nitrogens with zero attached hydrogens (tertiary/aromatic N) is 2. The Morgan fingerprint density at radius 1 is 1.16 bits per heavy atom. The van der Waals surface area contributed by atoms with Crippen LogP contribution in [0.3, 0.4) is 0 Å². The third-order valence-electron chi connectivity index (χ3n) is 3.81. The molecule has 1 unspecified atom stereocenters. The lowest BCUT2D eigenvalue weighted by molar-refractivity contribution is 0.551. The zero-order valence-corrected chi connectivity index (χ0v) is 11.9. The summed E-state index contributed by atoms with van der Waals surface area (Å²) in [6.45, 7) is 3.96. The standard InChI is InChI=1S/C15H24N4/c1-11-10-14(12(2)19-18-11)15(17-16)13-8-6-4-3-5-7-9-13/h8,10,15,17H,3-7,9,16H2,1-2H3/b13-8+. The molecule has 0 spiro atoms. The quantitative estimate of drug-likeness (QED) is 0.498. The van der Waals surface area contributed by atoms with Gasteiger partial charge in [0.05, 0.1) is 17.4 Å². The number of hydrogen-bond acceptors (Lipinski definition) is 4. The van der Waals surface area contributed by atoms with Crippen molar-refractivity contribution in [2.45, 2.75) is 58.4 Å². The Hall–Kier alpha value is -1.26. The van der Waals surface area contributed by atoms with E-state index in [-0.39, 0.29) is 6.04 Å². The average molecular weight is 260 g/mol. The fourth-order valence-electron chi connectivity index (χ4n) is 2.74. The first-order valence-electron chi connectivity index (χ1n) is 7.18. The van der Waals surface area contributed by atoms with Crippen LogP contribution in [0.5, 0.6) is 0 Å². The molecule has 0 saturated heterocycles. The van der Waals surface area contributed by atoms with Gasteiger partial charge in [-0.25, -0.2) is 5.43 Å². The number of aryl methyl sites for hydroxylation is 2. The maximum Gasteiger partial charge on any atom is 0.0689 e. The van der Waals surface area contributed by atoms with E-state index in [1.807, 2.05) is 13.8 Å². The lowest BCUT2D eigenvalue weighted by Gasteiger charge is -2.23. The summed E-state index contributed by atoms with van der Waals surface area (Å²) in [7, 11) is 0. The molecule has 2 rings (SSSR count). The van der Waals surface area contributed by atoms with Crippen LogP contribution in [0.1, 0.15) is 61.5 Å². The fraction of sp³-hybridized carbons (Fsp3) is 0.600. The summed E-state index contributed by atoms with van der Waals surface area (Å²) < 4.78 is 0. The molecule has 1 heterocycles. The topological polar surface area (TPSA) is 63.8 Å². The minimum atomic E-state index is 0.0762. The van der Waals surface area contributed by atoms with Crippen molar-refractivity contribution in [1.82, 2.24) is 15.6 Å². The predicted octanol–water partition coefficient (Wildman–Crippen LogP) is 2.88. The molecule has 1 aromatic heterocycles. The lowest BCUT2D eigenvalue weighted by Crippen LogP contribution is -2.30. The number of allylic oxidation sites excluding steroid dienone is 1. The third-order valence-corrected chi connectivity index (χ3v) is 3.81. The highest BCUT2D eigenvalue weighted by Crippen LogP contribution is 2.29. The van der Waals surface area contributed by atoms with Crippen LogP contribution in [0.25, 0.3) is 0 Å². The van der Waals surface area contributed by atoms with Crippen molar-refractivity contribution < 1.29 is 0 Å². The van der Waals surface area contributed by atoms with E-state index in [0.29, 0.717) is 0 Å². The second-order valence-corrected chi connectivity index (χ2v) is 5.36. The van der Waals surface area contributed by atoms with Crippen LogP contribution in [0.2, 0.25) is 0 Å². The van der Waals surface area contributed by atoms with Gasteiger partial charge in [-0.15, -0.1) is 0 Å². The van der Waals surface area contributed by atoms with E-state index in [9.17, 15) is 0 Å². The van der Waals surface area contributed by atoms with Gasteiger partial charge < -0.3 is 0 Å². The van der Waals surface area contributed by atoms with Gasteiger partial charge in [-0.1, -0.05) is 24.5 Å². The molecule has 1 aromatic rings. The van der Waals surface area contributed by atoms with Crippen molar-refractivity contribution in [3.8, 4) is 0 Å². The second kappa shape index (κ2) is 6.78. The van der Waals surface area contributed by atoms with Crippen LogP contribution in [0.15, 0.2) is 17.7 Å². The molecule has 4 nitrogen and oxygen atoms in total. The molecule has 4 heteroatoms. The van der Waals surface area contributed by atoms with E-state index < -0.39 is 0 Å². The Balaban J connectivity index is 2.29. The maximum absolute atomic E-state index is 5.81. The molecule has 0 saturated carbocycles. The Labute approximate surface area is 115 Å². The zero-order valence-electron chi connectivity index (χ0n) is 11.9. The highest BCUT2D eigenvalue weighted by Gasteiger charge is 2.18. The number of hydrazine groups is 1. The Morgan fingerprint density at radius 2 is 1.95 bits per heavy atom. The van der Waals surface area contributed by atoms with Gasteiger partial charge in [-0.3, -0.25) is 5.84 Å². The van der Waals surface area contributed by atoms with Crippen LogP contribution in [-0.4, -0.2) is 10.2 Å². The average Bonchev–Trinajstić information content (AvgIpc) is 2.36. The molecule has 0 aromatic carbocycles.